The van der Waals surface area contributed by atoms with Crippen molar-refractivity contribution in [2.45, 2.75) is 10.9 Å². The molecule has 1 atom stereocenters. The summed E-state index contributed by atoms with van der Waals surface area (Å²) in [4.78, 5) is 13.1. The van der Waals surface area contributed by atoms with Crippen LogP contribution in [0, 0.1) is 10.1 Å². The molecule has 7 nitrogen and oxygen atoms in total. The molecule has 1 N–H and O–H groups in total. The van der Waals surface area contributed by atoms with Gasteiger partial charge in [-0.05, 0) is 37.7 Å². The molecule has 0 bridgehead atoms. The first-order chi connectivity index (χ1) is 10.8. The summed E-state index contributed by atoms with van der Waals surface area (Å²) < 4.78 is 27.2. The van der Waals surface area contributed by atoms with E-state index in [1.807, 2.05) is 36.5 Å². The molecule has 0 fully saturated rings. The molecular weight excluding hydrogens is 338 g/mol. The number of non-ortho nitro benzene ring substituents is 1. The lowest BCUT2D eigenvalue weighted by Gasteiger charge is -2.23. The molecule has 2 aromatic rings. The van der Waals surface area contributed by atoms with Gasteiger partial charge in [0.1, 0.15) is 0 Å². The summed E-state index contributed by atoms with van der Waals surface area (Å²) in [5.41, 5.74) is -0.145. The summed E-state index contributed by atoms with van der Waals surface area (Å²) in [6.45, 7) is 0.215. The van der Waals surface area contributed by atoms with Crippen molar-refractivity contribution < 1.29 is 13.3 Å². The van der Waals surface area contributed by atoms with Crippen molar-refractivity contribution in [3.8, 4) is 0 Å². The van der Waals surface area contributed by atoms with E-state index in [9.17, 15) is 18.5 Å². The van der Waals surface area contributed by atoms with Crippen molar-refractivity contribution in [3.63, 3.8) is 0 Å². The van der Waals surface area contributed by atoms with Crippen LogP contribution in [0.25, 0.3) is 0 Å². The second kappa shape index (κ2) is 7.18. The fraction of sp³-hybridized carbons (Fsp3) is 0.286. The molecule has 1 aromatic heterocycles. The van der Waals surface area contributed by atoms with Gasteiger partial charge < -0.3 is 4.90 Å². The number of nitro groups is 1. The van der Waals surface area contributed by atoms with Crippen molar-refractivity contribution in [1.82, 2.24) is 9.62 Å². The van der Waals surface area contributed by atoms with Gasteiger partial charge in [-0.15, -0.1) is 11.3 Å². The van der Waals surface area contributed by atoms with Crippen LogP contribution < -0.4 is 4.72 Å². The van der Waals surface area contributed by atoms with Crippen LogP contribution in [0.1, 0.15) is 10.9 Å². The van der Waals surface area contributed by atoms with Gasteiger partial charge in [-0.25, -0.2) is 13.1 Å². The largest absolute Gasteiger partial charge is 0.300 e. The summed E-state index contributed by atoms with van der Waals surface area (Å²) in [6.07, 6.45) is 0. The second-order valence-corrected chi connectivity index (χ2v) is 7.84. The quantitative estimate of drug-likeness (QED) is 0.607. The molecule has 0 saturated carbocycles. The Morgan fingerprint density at radius 2 is 1.91 bits per heavy atom. The molecule has 0 radical (unpaired) electrons. The third-order valence-corrected chi connectivity index (χ3v) is 5.73. The fourth-order valence-electron chi connectivity index (χ4n) is 2.04. The average molecular weight is 355 g/mol. The van der Waals surface area contributed by atoms with Crippen molar-refractivity contribution in [1.29, 1.82) is 0 Å². The number of nitro benzene ring substituents is 1. The maximum atomic E-state index is 12.3. The van der Waals surface area contributed by atoms with E-state index in [0.29, 0.717) is 0 Å². The zero-order valence-electron chi connectivity index (χ0n) is 12.7. The van der Waals surface area contributed by atoms with E-state index < -0.39 is 14.9 Å². The minimum atomic E-state index is -3.72. The number of rotatable bonds is 7. The Hall–Kier alpha value is -1.81. The predicted molar refractivity (Wildman–Crippen MR) is 89.0 cm³/mol. The lowest BCUT2D eigenvalue weighted by molar-refractivity contribution is -0.384. The average Bonchev–Trinajstić information content (AvgIpc) is 3.01. The van der Waals surface area contributed by atoms with Gasteiger partial charge in [0.15, 0.2) is 0 Å². The highest BCUT2D eigenvalue weighted by Crippen LogP contribution is 2.23. The first-order valence-electron chi connectivity index (χ1n) is 6.75. The van der Waals surface area contributed by atoms with Crippen molar-refractivity contribution in [3.05, 3.63) is 56.8 Å². The highest BCUT2D eigenvalue weighted by Gasteiger charge is 2.21. The van der Waals surface area contributed by atoms with E-state index in [-0.39, 0.29) is 23.2 Å². The van der Waals surface area contributed by atoms with Gasteiger partial charge >= 0.3 is 0 Å². The molecule has 9 heteroatoms. The molecule has 1 unspecified atom stereocenters. The zero-order valence-corrected chi connectivity index (χ0v) is 14.3. The number of thiophene rings is 1. The van der Waals surface area contributed by atoms with Gasteiger partial charge in [0, 0.05) is 23.6 Å². The smallest absolute Gasteiger partial charge is 0.269 e. The van der Waals surface area contributed by atoms with Crippen LogP contribution >= 0.6 is 11.3 Å². The molecule has 0 saturated heterocycles. The molecule has 124 valence electrons. The Morgan fingerprint density at radius 3 is 2.39 bits per heavy atom. The third kappa shape index (κ3) is 4.35. The number of nitrogens with zero attached hydrogens (tertiary/aromatic N) is 2. The van der Waals surface area contributed by atoms with Gasteiger partial charge in [0.2, 0.25) is 10.0 Å². The molecule has 23 heavy (non-hydrogen) atoms. The number of nitrogens with one attached hydrogen (secondary N) is 1. The zero-order chi connectivity index (χ0) is 17.0. The summed E-state index contributed by atoms with van der Waals surface area (Å²) in [5, 5.41) is 12.6. The monoisotopic (exact) mass is 355 g/mol. The lowest BCUT2D eigenvalue weighted by atomic mass is 10.2. The standard InChI is InChI=1S/C14H17N3O4S2/c1-16(2)13(14-4-3-9-22-14)10-15-23(20,21)12-7-5-11(6-8-12)17(18)19/h3-9,13,15H,10H2,1-2H3. The summed E-state index contributed by atoms with van der Waals surface area (Å²) in [6, 6.07) is 8.61. The van der Waals surface area contributed by atoms with Crippen LogP contribution in [0.5, 0.6) is 0 Å². The maximum absolute atomic E-state index is 12.3. The minimum absolute atomic E-state index is 0.00628. The second-order valence-electron chi connectivity index (χ2n) is 5.10. The first kappa shape index (κ1) is 17.5. The predicted octanol–water partition coefficient (Wildman–Crippen LogP) is 2.24. The lowest BCUT2D eigenvalue weighted by Crippen LogP contribution is -2.34. The number of likely N-dealkylation sites (N-methyl/N-ethyl adjacent to an activating group) is 1. The van der Waals surface area contributed by atoms with Gasteiger partial charge in [0.25, 0.3) is 5.69 Å². The molecular formula is C14H17N3O4S2. The van der Waals surface area contributed by atoms with E-state index in [1.165, 1.54) is 24.3 Å². The van der Waals surface area contributed by atoms with Crippen molar-refractivity contribution >= 4 is 27.0 Å². The summed E-state index contributed by atoms with van der Waals surface area (Å²) in [7, 11) is 0.0420. The normalized spacial score (nSPS) is 13.2. The van der Waals surface area contributed by atoms with Crippen LogP contribution in [-0.2, 0) is 10.0 Å². The Bertz CT molecular complexity index is 756. The number of sulfonamides is 1. The van der Waals surface area contributed by atoms with E-state index >= 15 is 0 Å². The van der Waals surface area contributed by atoms with E-state index in [1.54, 1.807) is 11.3 Å². The van der Waals surface area contributed by atoms with Gasteiger partial charge in [-0.1, -0.05) is 6.07 Å². The molecule has 2 rings (SSSR count). The minimum Gasteiger partial charge on any atom is -0.300 e. The van der Waals surface area contributed by atoms with E-state index in [4.69, 9.17) is 0 Å². The Kier molecular flexibility index (Phi) is 5.47. The van der Waals surface area contributed by atoms with Gasteiger partial charge in [-0.3, -0.25) is 10.1 Å². The molecule has 0 aliphatic carbocycles. The van der Waals surface area contributed by atoms with Crippen LogP contribution in [0.2, 0.25) is 0 Å². The van der Waals surface area contributed by atoms with Crippen LogP contribution in [0.3, 0.4) is 0 Å². The SMILES string of the molecule is CN(C)C(CNS(=O)(=O)c1ccc([N+](=O)[O-])cc1)c1cccs1. The maximum Gasteiger partial charge on any atom is 0.269 e. The Labute approximate surface area is 138 Å². The first-order valence-corrected chi connectivity index (χ1v) is 9.11. The van der Waals surface area contributed by atoms with Crippen molar-refractivity contribution in [2.75, 3.05) is 20.6 Å². The van der Waals surface area contributed by atoms with Crippen LogP contribution in [-0.4, -0.2) is 38.9 Å². The van der Waals surface area contributed by atoms with Gasteiger partial charge in [-0.2, -0.15) is 0 Å². The number of benzene rings is 1. The molecule has 1 heterocycles. The van der Waals surface area contributed by atoms with Crippen molar-refractivity contribution in [2.24, 2.45) is 0 Å². The van der Waals surface area contributed by atoms with Crippen LogP contribution in [0.15, 0.2) is 46.7 Å². The Balaban J connectivity index is 2.12. The number of hydrogen-bond acceptors (Lipinski definition) is 6. The number of hydrogen-bond donors (Lipinski definition) is 1. The Morgan fingerprint density at radius 1 is 1.26 bits per heavy atom. The molecule has 0 aliphatic rings. The highest BCUT2D eigenvalue weighted by molar-refractivity contribution is 7.89. The molecule has 0 aliphatic heterocycles. The molecule has 1 aromatic carbocycles. The highest BCUT2D eigenvalue weighted by atomic mass is 32.2. The molecule has 0 spiro atoms. The van der Waals surface area contributed by atoms with E-state index in [2.05, 4.69) is 4.72 Å². The molecule has 0 amide bonds. The van der Waals surface area contributed by atoms with Crippen LogP contribution in [0.4, 0.5) is 5.69 Å². The third-order valence-electron chi connectivity index (χ3n) is 3.32. The summed E-state index contributed by atoms with van der Waals surface area (Å²) in [5.74, 6) is 0. The summed E-state index contributed by atoms with van der Waals surface area (Å²) >= 11 is 1.56. The van der Waals surface area contributed by atoms with E-state index in [0.717, 1.165) is 4.88 Å². The topological polar surface area (TPSA) is 92.6 Å². The fourth-order valence-corrected chi connectivity index (χ4v) is 4.00. The van der Waals surface area contributed by atoms with Gasteiger partial charge in [0.05, 0.1) is 15.9 Å².